The summed E-state index contributed by atoms with van der Waals surface area (Å²) in [4.78, 5) is 18.4. The smallest absolute Gasteiger partial charge is 0.291 e. The summed E-state index contributed by atoms with van der Waals surface area (Å²) in [5.74, 6) is 0.404. The average Bonchev–Trinajstić information content (AvgIpc) is 2.89. The summed E-state index contributed by atoms with van der Waals surface area (Å²) < 4.78 is 5.23. The summed E-state index contributed by atoms with van der Waals surface area (Å²) >= 11 is 0. The molecular weight excluding hydrogens is 230 g/mol. The van der Waals surface area contributed by atoms with E-state index in [4.69, 9.17) is 4.42 Å². The monoisotopic (exact) mass is 249 g/mol. The van der Waals surface area contributed by atoms with Gasteiger partial charge in [-0.05, 0) is 39.2 Å². The SMILES string of the molecule is Cc1ncoc1C(=O)N(CC1CCCN1)C1CC1. The van der Waals surface area contributed by atoms with Crippen LogP contribution in [0.25, 0.3) is 0 Å². The molecule has 0 bridgehead atoms. The second-order valence-corrected chi connectivity index (χ2v) is 5.25. The number of hydrogen-bond donors (Lipinski definition) is 1. The van der Waals surface area contributed by atoms with Gasteiger partial charge in [-0.15, -0.1) is 0 Å². The van der Waals surface area contributed by atoms with Crippen molar-refractivity contribution >= 4 is 5.91 Å². The van der Waals surface area contributed by atoms with Crippen LogP contribution >= 0.6 is 0 Å². The molecule has 0 radical (unpaired) electrons. The van der Waals surface area contributed by atoms with Crippen LogP contribution in [0.4, 0.5) is 0 Å². The molecule has 1 saturated carbocycles. The van der Waals surface area contributed by atoms with E-state index >= 15 is 0 Å². The Bertz CT molecular complexity index is 433. The zero-order chi connectivity index (χ0) is 12.5. The summed E-state index contributed by atoms with van der Waals surface area (Å²) in [6, 6.07) is 0.849. The van der Waals surface area contributed by atoms with Gasteiger partial charge >= 0.3 is 0 Å². The highest BCUT2D eigenvalue weighted by Gasteiger charge is 2.36. The minimum Gasteiger partial charge on any atom is -0.438 e. The highest BCUT2D eigenvalue weighted by molar-refractivity contribution is 5.92. The molecule has 1 aliphatic heterocycles. The van der Waals surface area contributed by atoms with Gasteiger partial charge < -0.3 is 14.6 Å². The van der Waals surface area contributed by atoms with Crippen LogP contribution in [0.2, 0.25) is 0 Å². The fourth-order valence-electron chi connectivity index (χ4n) is 2.57. The minimum absolute atomic E-state index is 0.00111. The summed E-state index contributed by atoms with van der Waals surface area (Å²) in [6.07, 6.45) is 5.95. The van der Waals surface area contributed by atoms with E-state index in [2.05, 4.69) is 10.3 Å². The number of aryl methyl sites for hydroxylation is 1. The lowest BCUT2D eigenvalue weighted by Gasteiger charge is -2.25. The fourth-order valence-corrected chi connectivity index (χ4v) is 2.57. The highest BCUT2D eigenvalue weighted by atomic mass is 16.3. The van der Waals surface area contributed by atoms with Crippen molar-refractivity contribution in [3.05, 3.63) is 17.8 Å². The van der Waals surface area contributed by atoms with Gasteiger partial charge in [0.05, 0.1) is 5.69 Å². The van der Waals surface area contributed by atoms with Crippen molar-refractivity contribution in [1.82, 2.24) is 15.2 Å². The van der Waals surface area contributed by atoms with Gasteiger partial charge in [-0.1, -0.05) is 0 Å². The molecule has 2 heterocycles. The van der Waals surface area contributed by atoms with Crippen LogP contribution in [0.3, 0.4) is 0 Å². The van der Waals surface area contributed by atoms with E-state index in [1.165, 1.54) is 12.8 Å². The molecule has 1 unspecified atom stereocenters. The van der Waals surface area contributed by atoms with E-state index in [1.807, 2.05) is 11.8 Å². The zero-order valence-corrected chi connectivity index (χ0v) is 10.7. The van der Waals surface area contributed by atoms with Crippen LogP contribution in [0.5, 0.6) is 0 Å². The molecule has 1 aromatic heterocycles. The Balaban J connectivity index is 1.73. The van der Waals surface area contributed by atoms with Crippen molar-refractivity contribution in [2.75, 3.05) is 13.1 Å². The molecule has 1 saturated heterocycles. The average molecular weight is 249 g/mol. The van der Waals surface area contributed by atoms with Crippen LogP contribution in [0, 0.1) is 6.92 Å². The number of oxazole rings is 1. The summed E-state index contributed by atoms with van der Waals surface area (Å²) in [7, 11) is 0. The Morgan fingerprint density at radius 3 is 2.94 bits per heavy atom. The summed E-state index contributed by atoms with van der Waals surface area (Å²) in [6.45, 7) is 3.68. The van der Waals surface area contributed by atoms with E-state index in [0.717, 1.165) is 32.4 Å². The number of nitrogens with one attached hydrogen (secondary N) is 1. The maximum absolute atomic E-state index is 12.5. The van der Waals surface area contributed by atoms with Gasteiger partial charge in [0.2, 0.25) is 5.76 Å². The number of nitrogens with zero attached hydrogens (tertiary/aromatic N) is 2. The number of carbonyl (C=O) groups excluding carboxylic acids is 1. The number of aromatic nitrogens is 1. The number of carbonyl (C=O) groups is 1. The molecule has 2 aliphatic rings. The van der Waals surface area contributed by atoms with Crippen LogP contribution in [-0.4, -0.2) is 41.0 Å². The highest BCUT2D eigenvalue weighted by Crippen LogP contribution is 2.29. The third-order valence-electron chi connectivity index (χ3n) is 3.77. The molecule has 1 amide bonds. The van der Waals surface area contributed by atoms with Gasteiger partial charge in [-0.2, -0.15) is 0 Å². The predicted octanol–water partition coefficient (Wildman–Crippen LogP) is 1.34. The number of hydrogen-bond acceptors (Lipinski definition) is 4. The lowest BCUT2D eigenvalue weighted by molar-refractivity contribution is 0.0695. The van der Waals surface area contributed by atoms with Crippen molar-refractivity contribution in [1.29, 1.82) is 0 Å². The van der Waals surface area contributed by atoms with Crippen molar-refractivity contribution in [3.8, 4) is 0 Å². The Morgan fingerprint density at radius 2 is 2.39 bits per heavy atom. The van der Waals surface area contributed by atoms with Crippen LogP contribution in [0.1, 0.15) is 41.9 Å². The standard InChI is InChI=1S/C13H19N3O2/c1-9-12(18-8-15-9)13(17)16(11-4-5-11)7-10-3-2-6-14-10/h8,10-11,14H,2-7H2,1H3. The topological polar surface area (TPSA) is 58.4 Å². The van der Waals surface area contributed by atoms with Crippen molar-refractivity contribution in [2.24, 2.45) is 0 Å². The van der Waals surface area contributed by atoms with Gasteiger partial charge in [0.25, 0.3) is 5.91 Å². The largest absolute Gasteiger partial charge is 0.438 e. The van der Waals surface area contributed by atoms with Crippen molar-refractivity contribution in [2.45, 2.75) is 44.7 Å². The first kappa shape index (κ1) is 11.7. The van der Waals surface area contributed by atoms with E-state index in [0.29, 0.717) is 23.5 Å². The Morgan fingerprint density at radius 1 is 1.56 bits per heavy atom. The fraction of sp³-hybridized carbons (Fsp3) is 0.692. The summed E-state index contributed by atoms with van der Waals surface area (Å²) in [5.41, 5.74) is 0.685. The second kappa shape index (κ2) is 4.72. The second-order valence-electron chi connectivity index (χ2n) is 5.25. The van der Waals surface area contributed by atoms with Gasteiger partial charge in [-0.25, -0.2) is 4.98 Å². The minimum atomic E-state index is 0.00111. The summed E-state index contributed by atoms with van der Waals surface area (Å²) in [5, 5.41) is 3.44. The van der Waals surface area contributed by atoms with E-state index in [-0.39, 0.29) is 5.91 Å². The van der Waals surface area contributed by atoms with Crippen LogP contribution in [-0.2, 0) is 0 Å². The van der Waals surface area contributed by atoms with Gasteiger partial charge in [0.15, 0.2) is 6.39 Å². The number of rotatable bonds is 4. The molecule has 1 atom stereocenters. The van der Waals surface area contributed by atoms with Crippen LogP contribution in [0.15, 0.2) is 10.8 Å². The molecule has 98 valence electrons. The van der Waals surface area contributed by atoms with Crippen LogP contribution < -0.4 is 5.32 Å². The quantitative estimate of drug-likeness (QED) is 0.875. The van der Waals surface area contributed by atoms with Gasteiger partial charge in [0.1, 0.15) is 0 Å². The zero-order valence-electron chi connectivity index (χ0n) is 10.7. The maximum atomic E-state index is 12.5. The van der Waals surface area contributed by atoms with Crippen molar-refractivity contribution < 1.29 is 9.21 Å². The lowest BCUT2D eigenvalue weighted by Crippen LogP contribution is -2.42. The van der Waals surface area contributed by atoms with Crippen molar-refractivity contribution in [3.63, 3.8) is 0 Å². The predicted molar refractivity (Wildman–Crippen MR) is 66.3 cm³/mol. The molecule has 1 aromatic rings. The molecule has 1 aliphatic carbocycles. The molecule has 5 heteroatoms. The first-order valence-corrected chi connectivity index (χ1v) is 6.70. The molecule has 3 rings (SSSR count). The third-order valence-corrected chi connectivity index (χ3v) is 3.77. The molecule has 0 aromatic carbocycles. The van der Waals surface area contributed by atoms with E-state index in [1.54, 1.807) is 0 Å². The molecule has 18 heavy (non-hydrogen) atoms. The molecule has 5 nitrogen and oxygen atoms in total. The Kier molecular flexibility index (Phi) is 3.07. The molecule has 1 N–H and O–H groups in total. The maximum Gasteiger partial charge on any atom is 0.291 e. The molecule has 0 spiro atoms. The van der Waals surface area contributed by atoms with E-state index < -0.39 is 0 Å². The van der Waals surface area contributed by atoms with Gasteiger partial charge in [0, 0.05) is 18.6 Å². The molecule has 2 fully saturated rings. The first-order valence-electron chi connectivity index (χ1n) is 6.70. The van der Waals surface area contributed by atoms with Gasteiger partial charge in [-0.3, -0.25) is 4.79 Å². The Hall–Kier alpha value is -1.36. The molecular formula is C13H19N3O2. The first-order chi connectivity index (χ1) is 8.75. The number of amides is 1. The normalized spacial score (nSPS) is 23.3. The third kappa shape index (κ3) is 2.27. The Labute approximate surface area is 107 Å². The van der Waals surface area contributed by atoms with E-state index in [9.17, 15) is 4.79 Å². The lowest BCUT2D eigenvalue weighted by atomic mass is 10.2.